The zero-order valence-corrected chi connectivity index (χ0v) is 15.3. The van der Waals surface area contributed by atoms with Gasteiger partial charge < -0.3 is 14.6 Å². The molecule has 6 heteroatoms. The molecule has 1 amide bonds. The lowest BCUT2D eigenvalue weighted by Crippen LogP contribution is -2.43. The van der Waals surface area contributed by atoms with E-state index < -0.39 is 5.41 Å². The molecule has 2 saturated carbocycles. The molecule has 1 aromatic heterocycles. The lowest BCUT2D eigenvalue weighted by Gasteiger charge is -2.29. The Morgan fingerprint density at radius 3 is 2.58 bits per heavy atom. The van der Waals surface area contributed by atoms with Crippen LogP contribution in [-0.2, 0) is 10.2 Å². The molecule has 1 N–H and O–H groups in total. The van der Waals surface area contributed by atoms with Gasteiger partial charge in [0, 0.05) is 5.92 Å². The van der Waals surface area contributed by atoms with E-state index in [2.05, 4.69) is 15.5 Å². The second kappa shape index (κ2) is 6.74. The molecule has 0 unspecified atom stereocenters. The third-order valence-corrected chi connectivity index (χ3v) is 5.65. The lowest BCUT2D eigenvalue weighted by atomic mass is 9.77. The number of carbonyl (C=O) groups is 1. The van der Waals surface area contributed by atoms with Crippen molar-refractivity contribution >= 4 is 5.91 Å². The topological polar surface area (TPSA) is 77.2 Å². The van der Waals surface area contributed by atoms with Gasteiger partial charge in [0.2, 0.25) is 11.8 Å². The number of hydrogen-bond acceptors (Lipinski definition) is 5. The van der Waals surface area contributed by atoms with Crippen LogP contribution >= 0.6 is 0 Å². The van der Waals surface area contributed by atoms with E-state index in [1.807, 2.05) is 31.2 Å². The third kappa shape index (κ3) is 3.08. The van der Waals surface area contributed by atoms with Gasteiger partial charge in [-0.2, -0.15) is 4.98 Å². The summed E-state index contributed by atoms with van der Waals surface area (Å²) in [5.74, 6) is 2.54. The summed E-state index contributed by atoms with van der Waals surface area (Å²) in [6.07, 6.45) is 6.07. The number of ether oxygens (including phenoxy) is 1. The lowest BCUT2D eigenvalue weighted by molar-refractivity contribution is -0.127. The highest BCUT2D eigenvalue weighted by atomic mass is 16.5. The first-order valence-electron chi connectivity index (χ1n) is 9.41. The molecule has 4 rings (SSSR count). The fraction of sp³-hybridized carbons (Fsp3) is 0.550. The normalized spacial score (nSPS) is 19.9. The Hall–Kier alpha value is -2.37. The van der Waals surface area contributed by atoms with E-state index >= 15 is 0 Å². The van der Waals surface area contributed by atoms with E-state index in [1.165, 1.54) is 0 Å². The Kier molecular flexibility index (Phi) is 4.42. The minimum atomic E-state index is -0.486. The van der Waals surface area contributed by atoms with Crippen LogP contribution in [0.3, 0.4) is 0 Å². The van der Waals surface area contributed by atoms with E-state index in [0.29, 0.717) is 11.8 Å². The number of benzene rings is 1. The van der Waals surface area contributed by atoms with E-state index in [0.717, 1.165) is 55.7 Å². The van der Waals surface area contributed by atoms with Gasteiger partial charge in [-0.3, -0.25) is 4.79 Å². The predicted octanol–water partition coefficient (Wildman–Crippen LogP) is 3.64. The van der Waals surface area contributed by atoms with Gasteiger partial charge in [-0.1, -0.05) is 30.1 Å². The van der Waals surface area contributed by atoms with Crippen molar-refractivity contribution in [3.8, 4) is 5.75 Å². The number of nitrogens with zero attached hydrogens (tertiary/aromatic N) is 2. The second-order valence-corrected chi connectivity index (χ2v) is 7.48. The van der Waals surface area contributed by atoms with Crippen LogP contribution in [0.2, 0.25) is 0 Å². The summed E-state index contributed by atoms with van der Waals surface area (Å²) in [6, 6.07) is 7.56. The SMILES string of the molecule is COc1ccc(C2(C(=O)N[C@@H](C)c3nc(C4CC4)no3)CCCC2)cc1. The van der Waals surface area contributed by atoms with Crippen LogP contribution in [0.4, 0.5) is 0 Å². The Morgan fingerprint density at radius 1 is 1.27 bits per heavy atom. The standard InChI is InChI=1S/C20H25N3O3/c1-13(18-22-17(23-26-18)14-5-6-14)21-19(24)20(11-3-4-12-20)15-7-9-16(25-2)10-8-15/h7-10,13-14H,3-6,11-12H2,1-2H3,(H,21,24)/t13-/m0/s1. The van der Waals surface area contributed by atoms with Gasteiger partial charge in [-0.05, 0) is 50.3 Å². The Balaban J connectivity index is 1.52. The summed E-state index contributed by atoms with van der Waals surface area (Å²) in [7, 11) is 1.65. The third-order valence-electron chi connectivity index (χ3n) is 5.65. The molecule has 0 spiro atoms. The van der Waals surface area contributed by atoms with Crippen molar-refractivity contribution in [2.45, 2.75) is 62.8 Å². The second-order valence-electron chi connectivity index (χ2n) is 7.48. The maximum absolute atomic E-state index is 13.2. The van der Waals surface area contributed by atoms with E-state index in [1.54, 1.807) is 7.11 Å². The highest BCUT2D eigenvalue weighted by molar-refractivity contribution is 5.88. The minimum Gasteiger partial charge on any atom is -0.497 e. The maximum Gasteiger partial charge on any atom is 0.248 e. The zero-order valence-electron chi connectivity index (χ0n) is 15.3. The first kappa shape index (κ1) is 17.1. The van der Waals surface area contributed by atoms with Crippen molar-refractivity contribution in [3.05, 3.63) is 41.5 Å². The Morgan fingerprint density at radius 2 is 1.96 bits per heavy atom. The average molecular weight is 355 g/mol. The van der Waals surface area contributed by atoms with Crippen molar-refractivity contribution in [1.29, 1.82) is 0 Å². The number of methoxy groups -OCH3 is 1. The molecule has 0 radical (unpaired) electrons. The maximum atomic E-state index is 13.2. The van der Waals surface area contributed by atoms with Crippen LogP contribution < -0.4 is 10.1 Å². The summed E-state index contributed by atoms with van der Waals surface area (Å²) in [6.45, 7) is 1.90. The zero-order chi connectivity index (χ0) is 18.1. The molecule has 2 fully saturated rings. The molecule has 26 heavy (non-hydrogen) atoms. The molecule has 0 saturated heterocycles. The number of rotatable bonds is 6. The monoisotopic (exact) mass is 355 g/mol. The number of carbonyl (C=O) groups excluding carboxylic acids is 1. The summed E-state index contributed by atoms with van der Waals surface area (Å²) in [4.78, 5) is 17.7. The molecule has 2 aliphatic rings. The van der Waals surface area contributed by atoms with E-state index in [4.69, 9.17) is 9.26 Å². The largest absolute Gasteiger partial charge is 0.497 e. The molecule has 6 nitrogen and oxygen atoms in total. The van der Waals surface area contributed by atoms with Gasteiger partial charge in [-0.15, -0.1) is 0 Å². The van der Waals surface area contributed by atoms with Gasteiger partial charge in [0.15, 0.2) is 5.82 Å². The van der Waals surface area contributed by atoms with Crippen molar-refractivity contribution in [2.24, 2.45) is 0 Å². The van der Waals surface area contributed by atoms with Gasteiger partial charge in [0.25, 0.3) is 0 Å². The van der Waals surface area contributed by atoms with Crippen molar-refractivity contribution in [1.82, 2.24) is 15.5 Å². The molecule has 1 atom stereocenters. The highest BCUT2D eigenvalue weighted by Gasteiger charge is 2.43. The van der Waals surface area contributed by atoms with Crippen molar-refractivity contribution < 1.29 is 14.1 Å². The minimum absolute atomic E-state index is 0.0406. The van der Waals surface area contributed by atoms with E-state index in [9.17, 15) is 4.79 Å². The molecule has 0 aliphatic heterocycles. The van der Waals surface area contributed by atoms with Crippen LogP contribution in [0, 0.1) is 0 Å². The molecular weight excluding hydrogens is 330 g/mol. The van der Waals surface area contributed by atoms with Crippen LogP contribution in [0.5, 0.6) is 5.75 Å². The average Bonchev–Trinajstić information content (AvgIpc) is 3.19. The highest BCUT2D eigenvalue weighted by Crippen LogP contribution is 2.42. The van der Waals surface area contributed by atoms with E-state index in [-0.39, 0.29) is 11.9 Å². The van der Waals surface area contributed by atoms with Gasteiger partial charge >= 0.3 is 0 Å². The van der Waals surface area contributed by atoms with Gasteiger partial charge in [0.1, 0.15) is 11.8 Å². The van der Waals surface area contributed by atoms with Crippen LogP contribution in [0.1, 0.15) is 74.7 Å². The summed E-state index contributed by atoms with van der Waals surface area (Å²) in [5.41, 5.74) is 0.560. The van der Waals surface area contributed by atoms with Crippen molar-refractivity contribution in [2.75, 3.05) is 7.11 Å². The molecule has 1 aromatic carbocycles. The Labute approximate surface area is 153 Å². The fourth-order valence-corrected chi connectivity index (χ4v) is 3.86. The molecule has 0 bridgehead atoms. The first-order valence-corrected chi connectivity index (χ1v) is 9.41. The smallest absolute Gasteiger partial charge is 0.248 e. The molecule has 138 valence electrons. The molecule has 2 aliphatic carbocycles. The summed E-state index contributed by atoms with van der Waals surface area (Å²) >= 11 is 0. The number of amides is 1. The number of aromatic nitrogens is 2. The summed E-state index contributed by atoms with van der Waals surface area (Å²) < 4.78 is 10.6. The van der Waals surface area contributed by atoms with Gasteiger partial charge in [0.05, 0.1) is 12.5 Å². The molecule has 2 aromatic rings. The predicted molar refractivity (Wildman–Crippen MR) is 96.0 cm³/mol. The first-order chi connectivity index (χ1) is 12.6. The van der Waals surface area contributed by atoms with Gasteiger partial charge in [-0.25, -0.2) is 0 Å². The summed E-state index contributed by atoms with van der Waals surface area (Å²) in [5, 5.41) is 7.16. The number of hydrogen-bond donors (Lipinski definition) is 1. The molecular formula is C20H25N3O3. The fourth-order valence-electron chi connectivity index (χ4n) is 3.86. The Bertz CT molecular complexity index is 774. The van der Waals surface area contributed by atoms with Crippen molar-refractivity contribution in [3.63, 3.8) is 0 Å². The quantitative estimate of drug-likeness (QED) is 0.856. The number of nitrogens with one attached hydrogen (secondary N) is 1. The molecule has 1 heterocycles. The van der Waals surface area contributed by atoms with Crippen LogP contribution in [0.25, 0.3) is 0 Å². The van der Waals surface area contributed by atoms with Crippen LogP contribution in [-0.4, -0.2) is 23.2 Å². The van der Waals surface area contributed by atoms with Crippen LogP contribution in [0.15, 0.2) is 28.8 Å².